The summed E-state index contributed by atoms with van der Waals surface area (Å²) in [6.07, 6.45) is 19.8. The van der Waals surface area contributed by atoms with E-state index in [0.29, 0.717) is 22.7 Å². The van der Waals surface area contributed by atoms with E-state index in [1.807, 2.05) is 0 Å². The average molecular weight is 381 g/mol. The summed E-state index contributed by atoms with van der Waals surface area (Å²) in [5.41, 5.74) is 1.98. The molecular formula is C24H48OSi. The Morgan fingerprint density at radius 2 is 1.19 bits per heavy atom. The lowest BCUT2D eigenvalue weighted by Crippen LogP contribution is -2.49. The van der Waals surface area contributed by atoms with Crippen molar-refractivity contribution in [2.45, 2.75) is 129 Å². The van der Waals surface area contributed by atoms with Crippen LogP contribution in [0.5, 0.6) is 0 Å². The average Bonchev–Trinajstić information content (AvgIpc) is 2.58. The van der Waals surface area contributed by atoms with E-state index in [1.165, 1.54) is 44.9 Å². The lowest BCUT2D eigenvalue weighted by molar-refractivity contribution is 0.212. The van der Waals surface area contributed by atoms with Crippen LogP contribution in [0.3, 0.4) is 0 Å². The van der Waals surface area contributed by atoms with Gasteiger partial charge in [0.15, 0.2) is 0 Å². The van der Waals surface area contributed by atoms with Gasteiger partial charge >= 0.3 is 0 Å². The Morgan fingerprint density at radius 3 is 1.62 bits per heavy atom. The summed E-state index contributed by atoms with van der Waals surface area (Å²) in [4.78, 5) is 0. The van der Waals surface area contributed by atoms with Crippen molar-refractivity contribution in [1.29, 1.82) is 0 Å². The predicted octanol–water partition coefficient (Wildman–Crippen LogP) is 8.82. The summed E-state index contributed by atoms with van der Waals surface area (Å²) in [5, 5.41) is 0. The van der Waals surface area contributed by atoms with Crippen molar-refractivity contribution in [3.63, 3.8) is 0 Å². The van der Waals surface area contributed by atoms with E-state index in [2.05, 4.69) is 79.7 Å². The standard InChI is InChI=1S/C24H48OSi/c1-9-11-12-13-14-15-16-17-18-19-20-24(10-2)25-26(21(3)4,22(5)6)23(7)8/h9,11,19-24H,10,12-18H2,1-8H3. The molecule has 0 N–H and O–H groups in total. The predicted molar refractivity (Wildman–Crippen MR) is 122 cm³/mol. The highest BCUT2D eigenvalue weighted by Crippen LogP contribution is 2.43. The highest BCUT2D eigenvalue weighted by atomic mass is 28.4. The first-order chi connectivity index (χ1) is 12.3. The van der Waals surface area contributed by atoms with E-state index < -0.39 is 8.32 Å². The van der Waals surface area contributed by atoms with Crippen molar-refractivity contribution in [2.24, 2.45) is 0 Å². The zero-order chi connectivity index (χ0) is 20.0. The van der Waals surface area contributed by atoms with Crippen LogP contribution in [0.1, 0.15) is 107 Å². The molecule has 0 spiro atoms. The molecule has 26 heavy (non-hydrogen) atoms. The van der Waals surface area contributed by atoms with Crippen LogP contribution in [-0.2, 0) is 4.43 Å². The van der Waals surface area contributed by atoms with Crippen LogP contribution in [0, 0.1) is 0 Å². The minimum atomic E-state index is -1.77. The molecule has 0 bridgehead atoms. The van der Waals surface area contributed by atoms with Crippen LogP contribution < -0.4 is 0 Å². The monoisotopic (exact) mass is 380 g/mol. The van der Waals surface area contributed by atoms with Crippen molar-refractivity contribution in [3.8, 4) is 0 Å². The summed E-state index contributed by atoms with van der Waals surface area (Å²) in [6, 6.07) is 0. The van der Waals surface area contributed by atoms with Crippen molar-refractivity contribution in [2.75, 3.05) is 0 Å². The Kier molecular flexibility index (Phi) is 14.5. The van der Waals surface area contributed by atoms with Crippen LogP contribution >= 0.6 is 0 Å². The fourth-order valence-corrected chi connectivity index (χ4v) is 9.98. The summed E-state index contributed by atoms with van der Waals surface area (Å²) < 4.78 is 6.90. The zero-order valence-electron chi connectivity index (χ0n) is 19.2. The molecule has 0 rings (SSSR count). The van der Waals surface area contributed by atoms with Gasteiger partial charge in [-0.3, -0.25) is 0 Å². The maximum Gasteiger partial charge on any atom is 0.201 e. The van der Waals surface area contributed by atoms with Gasteiger partial charge in [0, 0.05) is 0 Å². The molecule has 0 aromatic rings. The van der Waals surface area contributed by atoms with E-state index >= 15 is 0 Å². The lowest BCUT2D eigenvalue weighted by atomic mass is 10.1. The largest absolute Gasteiger partial charge is 0.410 e. The molecule has 2 heteroatoms. The Morgan fingerprint density at radius 1 is 0.731 bits per heavy atom. The molecule has 0 aromatic carbocycles. The molecule has 1 nitrogen and oxygen atoms in total. The summed E-state index contributed by atoms with van der Waals surface area (Å²) in [7, 11) is -1.77. The quantitative estimate of drug-likeness (QED) is 0.157. The van der Waals surface area contributed by atoms with Gasteiger partial charge in [0.25, 0.3) is 0 Å². The van der Waals surface area contributed by atoms with Crippen LogP contribution in [0.4, 0.5) is 0 Å². The van der Waals surface area contributed by atoms with E-state index in [0.717, 1.165) is 6.42 Å². The minimum Gasteiger partial charge on any atom is -0.410 e. The van der Waals surface area contributed by atoms with Crippen molar-refractivity contribution < 1.29 is 4.43 Å². The highest BCUT2D eigenvalue weighted by Gasteiger charge is 2.46. The van der Waals surface area contributed by atoms with Crippen LogP contribution in [0.25, 0.3) is 0 Å². The molecule has 0 saturated carbocycles. The smallest absolute Gasteiger partial charge is 0.201 e. The SMILES string of the molecule is CC=CCCCCCCCC=CC(CC)O[Si](C(C)C)(C(C)C)C(C)C. The maximum absolute atomic E-state index is 6.90. The third-order valence-electron chi connectivity index (χ3n) is 5.79. The molecule has 0 aliphatic heterocycles. The molecule has 0 aliphatic carbocycles. The molecule has 1 atom stereocenters. The van der Waals surface area contributed by atoms with Crippen LogP contribution in [0.2, 0.25) is 16.6 Å². The molecule has 0 fully saturated rings. The number of allylic oxidation sites excluding steroid dienone is 3. The van der Waals surface area contributed by atoms with E-state index in [4.69, 9.17) is 4.43 Å². The van der Waals surface area contributed by atoms with Gasteiger partial charge in [-0.2, -0.15) is 0 Å². The topological polar surface area (TPSA) is 9.23 Å². The van der Waals surface area contributed by atoms with E-state index in [1.54, 1.807) is 0 Å². The molecule has 154 valence electrons. The van der Waals surface area contributed by atoms with Gasteiger partial charge in [0.1, 0.15) is 0 Å². The Balaban J connectivity index is 4.37. The summed E-state index contributed by atoms with van der Waals surface area (Å²) in [6.45, 7) is 18.6. The van der Waals surface area contributed by atoms with Gasteiger partial charge < -0.3 is 4.43 Å². The number of hydrogen-bond acceptors (Lipinski definition) is 1. The Labute approximate surface area is 166 Å². The van der Waals surface area contributed by atoms with Crippen molar-refractivity contribution in [1.82, 2.24) is 0 Å². The van der Waals surface area contributed by atoms with Gasteiger partial charge in [-0.15, -0.1) is 0 Å². The van der Waals surface area contributed by atoms with Gasteiger partial charge in [0.2, 0.25) is 8.32 Å². The van der Waals surface area contributed by atoms with Crippen molar-refractivity contribution >= 4 is 8.32 Å². The fraction of sp³-hybridized carbons (Fsp3) is 0.833. The van der Waals surface area contributed by atoms with E-state index in [-0.39, 0.29) is 0 Å². The Hall–Kier alpha value is -0.343. The molecular weight excluding hydrogens is 332 g/mol. The second-order valence-electron chi connectivity index (χ2n) is 8.72. The first-order valence-corrected chi connectivity index (χ1v) is 13.4. The lowest BCUT2D eigenvalue weighted by Gasteiger charge is -2.44. The first kappa shape index (κ1) is 25.7. The third-order valence-corrected chi connectivity index (χ3v) is 11.9. The first-order valence-electron chi connectivity index (χ1n) is 11.3. The molecule has 0 amide bonds. The molecule has 0 aromatic heterocycles. The number of hydrogen-bond donors (Lipinski definition) is 0. The van der Waals surface area contributed by atoms with Gasteiger partial charge in [-0.1, -0.05) is 92.0 Å². The molecule has 1 unspecified atom stereocenters. The molecule has 0 heterocycles. The minimum absolute atomic E-state index is 0.301. The van der Waals surface area contributed by atoms with Crippen molar-refractivity contribution in [3.05, 3.63) is 24.3 Å². The van der Waals surface area contributed by atoms with Gasteiger partial charge in [-0.25, -0.2) is 0 Å². The zero-order valence-corrected chi connectivity index (χ0v) is 20.2. The second-order valence-corrected chi connectivity index (χ2v) is 14.1. The summed E-state index contributed by atoms with van der Waals surface area (Å²) >= 11 is 0. The normalized spacial score (nSPS) is 14.6. The second kappa shape index (κ2) is 14.7. The Bertz CT molecular complexity index is 360. The van der Waals surface area contributed by atoms with Gasteiger partial charge in [-0.05, 0) is 55.7 Å². The van der Waals surface area contributed by atoms with Gasteiger partial charge in [0.05, 0.1) is 6.10 Å². The van der Waals surface area contributed by atoms with Crippen LogP contribution in [-0.4, -0.2) is 14.4 Å². The van der Waals surface area contributed by atoms with E-state index in [9.17, 15) is 0 Å². The maximum atomic E-state index is 6.90. The molecule has 0 saturated heterocycles. The summed E-state index contributed by atoms with van der Waals surface area (Å²) in [5.74, 6) is 0. The highest BCUT2D eigenvalue weighted by molar-refractivity contribution is 6.77. The fourth-order valence-electron chi connectivity index (χ4n) is 4.40. The third kappa shape index (κ3) is 9.04. The number of rotatable bonds is 15. The molecule has 0 radical (unpaired) electrons. The molecule has 0 aliphatic rings. The van der Waals surface area contributed by atoms with Crippen LogP contribution in [0.15, 0.2) is 24.3 Å². The number of unbranched alkanes of at least 4 members (excludes halogenated alkanes) is 6.